The van der Waals surface area contributed by atoms with Crippen molar-refractivity contribution in [3.63, 3.8) is 0 Å². The third-order valence-electron chi connectivity index (χ3n) is 5.44. The van der Waals surface area contributed by atoms with Crippen LogP contribution in [-0.4, -0.2) is 26.8 Å². The van der Waals surface area contributed by atoms with E-state index in [0.29, 0.717) is 39.6 Å². The molecule has 154 valence electrons. The van der Waals surface area contributed by atoms with Gasteiger partial charge in [0.25, 0.3) is 5.56 Å². The molecule has 5 aromatic rings. The standard InChI is InChI=1S/C24H18ClN3O3/c1-31-17-9-6-15(7-10-17)22(29)12-13-27-20-4-2-3-5-21(20)28-23(30)18-14-16(25)8-11-19(18)26-24(27)28/h2-11,14H,12-13H2,1H3. The molecule has 0 unspecified atom stereocenters. The molecule has 0 aliphatic rings. The van der Waals surface area contributed by atoms with Gasteiger partial charge in [-0.1, -0.05) is 23.7 Å². The fourth-order valence-corrected chi connectivity index (χ4v) is 4.06. The molecule has 0 atom stereocenters. The highest BCUT2D eigenvalue weighted by atomic mass is 35.5. The number of nitrogens with zero attached hydrogens (tertiary/aromatic N) is 3. The van der Waals surface area contributed by atoms with Gasteiger partial charge in [0.15, 0.2) is 5.78 Å². The summed E-state index contributed by atoms with van der Waals surface area (Å²) in [6.45, 7) is 0.396. The first-order chi connectivity index (χ1) is 15.1. The van der Waals surface area contributed by atoms with E-state index < -0.39 is 0 Å². The zero-order chi connectivity index (χ0) is 21.5. The first kappa shape index (κ1) is 19.3. The van der Waals surface area contributed by atoms with Gasteiger partial charge in [0, 0.05) is 23.6 Å². The van der Waals surface area contributed by atoms with E-state index in [-0.39, 0.29) is 17.8 Å². The van der Waals surface area contributed by atoms with Gasteiger partial charge >= 0.3 is 0 Å². The molecule has 0 N–H and O–H groups in total. The number of ether oxygens (including phenoxy) is 1. The number of carbonyl (C=O) groups excluding carboxylic acids is 1. The predicted molar refractivity (Wildman–Crippen MR) is 121 cm³/mol. The lowest BCUT2D eigenvalue weighted by Gasteiger charge is -2.07. The molecule has 2 aromatic heterocycles. The van der Waals surface area contributed by atoms with Crippen molar-refractivity contribution in [2.75, 3.05) is 7.11 Å². The minimum absolute atomic E-state index is 0.00787. The number of ketones is 1. The molecule has 2 heterocycles. The smallest absolute Gasteiger partial charge is 0.267 e. The Morgan fingerprint density at radius 3 is 2.52 bits per heavy atom. The average molecular weight is 432 g/mol. The van der Waals surface area contributed by atoms with Crippen LogP contribution in [-0.2, 0) is 6.54 Å². The third kappa shape index (κ3) is 3.25. The van der Waals surface area contributed by atoms with Crippen LogP contribution in [0.5, 0.6) is 5.75 Å². The number of para-hydroxylation sites is 2. The van der Waals surface area contributed by atoms with Crippen molar-refractivity contribution in [1.29, 1.82) is 0 Å². The average Bonchev–Trinajstić information content (AvgIpc) is 3.11. The number of Topliss-reactive ketones (excluding diaryl/α,β-unsaturated/α-hetero) is 1. The number of imidazole rings is 1. The van der Waals surface area contributed by atoms with E-state index >= 15 is 0 Å². The number of methoxy groups -OCH3 is 1. The largest absolute Gasteiger partial charge is 0.497 e. The van der Waals surface area contributed by atoms with Crippen LogP contribution in [0.1, 0.15) is 16.8 Å². The maximum absolute atomic E-state index is 13.3. The molecule has 0 fully saturated rings. The molecule has 0 radical (unpaired) electrons. The molecule has 31 heavy (non-hydrogen) atoms. The molecule has 6 nitrogen and oxygen atoms in total. The molecule has 0 amide bonds. The van der Waals surface area contributed by atoms with Crippen molar-refractivity contribution in [2.45, 2.75) is 13.0 Å². The van der Waals surface area contributed by atoms with Crippen molar-refractivity contribution in [1.82, 2.24) is 14.0 Å². The lowest BCUT2D eigenvalue weighted by molar-refractivity contribution is 0.0978. The molecule has 0 aliphatic carbocycles. The summed E-state index contributed by atoms with van der Waals surface area (Å²) in [5.74, 6) is 1.21. The van der Waals surface area contributed by atoms with Gasteiger partial charge in [0.05, 0.1) is 29.0 Å². The van der Waals surface area contributed by atoms with Crippen molar-refractivity contribution in [3.8, 4) is 5.75 Å². The number of rotatable bonds is 5. The number of benzene rings is 3. The van der Waals surface area contributed by atoms with E-state index in [1.807, 2.05) is 28.8 Å². The van der Waals surface area contributed by atoms with E-state index in [2.05, 4.69) is 0 Å². The van der Waals surface area contributed by atoms with Gasteiger partial charge in [-0.15, -0.1) is 0 Å². The lowest BCUT2D eigenvalue weighted by Crippen LogP contribution is -2.16. The summed E-state index contributed by atoms with van der Waals surface area (Å²) in [7, 11) is 1.59. The molecule has 0 spiro atoms. The van der Waals surface area contributed by atoms with Crippen LogP contribution in [0.3, 0.4) is 0 Å². The van der Waals surface area contributed by atoms with Gasteiger partial charge < -0.3 is 9.30 Å². The predicted octanol–water partition coefficient (Wildman–Crippen LogP) is 4.74. The molecule has 0 saturated heterocycles. The normalized spacial score (nSPS) is 11.4. The van der Waals surface area contributed by atoms with Gasteiger partial charge in [-0.2, -0.15) is 0 Å². The Labute approximate surface area is 182 Å². The second-order valence-corrected chi connectivity index (χ2v) is 7.69. The minimum atomic E-state index is -0.182. The van der Waals surface area contributed by atoms with Crippen LogP contribution in [0.25, 0.3) is 27.7 Å². The SMILES string of the molecule is COc1ccc(C(=O)CCn2c3ccccc3n3c(=O)c4cc(Cl)ccc4nc23)cc1. The summed E-state index contributed by atoms with van der Waals surface area (Å²) in [5, 5.41) is 0.947. The molecule has 0 saturated carbocycles. The molecular weight excluding hydrogens is 414 g/mol. The molecule has 3 aromatic carbocycles. The van der Waals surface area contributed by atoms with E-state index in [9.17, 15) is 9.59 Å². The number of fused-ring (bicyclic) bond motifs is 4. The minimum Gasteiger partial charge on any atom is -0.497 e. The fraction of sp³-hybridized carbons (Fsp3) is 0.125. The maximum atomic E-state index is 13.3. The van der Waals surface area contributed by atoms with Gasteiger partial charge in [-0.25, -0.2) is 9.38 Å². The van der Waals surface area contributed by atoms with Crippen LogP contribution < -0.4 is 10.3 Å². The van der Waals surface area contributed by atoms with Crippen LogP contribution in [0.15, 0.2) is 71.5 Å². The Kier molecular flexibility index (Phi) is 4.71. The topological polar surface area (TPSA) is 65.6 Å². The van der Waals surface area contributed by atoms with Crippen molar-refractivity contribution < 1.29 is 9.53 Å². The van der Waals surface area contributed by atoms with Gasteiger partial charge in [0.1, 0.15) is 5.75 Å². The molecule has 0 aliphatic heterocycles. The van der Waals surface area contributed by atoms with Crippen molar-refractivity contribution in [3.05, 3.63) is 87.7 Å². The second-order valence-electron chi connectivity index (χ2n) is 7.26. The summed E-state index contributed by atoms with van der Waals surface area (Å²) >= 11 is 6.10. The van der Waals surface area contributed by atoms with E-state index in [1.165, 1.54) is 0 Å². The highest BCUT2D eigenvalue weighted by Crippen LogP contribution is 2.23. The first-order valence-electron chi connectivity index (χ1n) is 9.83. The summed E-state index contributed by atoms with van der Waals surface area (Å²) in [6.07, 6.45) is 0.273. The van der Waals surface area contributed by atoms with Crippen LogP contribution in [0.2, 0.25) is 5.02 Å². The summed E-state index contributed by atoms with van der Waals surface area (Å²) in [6, 6.07) is 19.7. The van der Waals surface area contributed by atoms with E-state index in [4.69, 9.17) is 21.3 Å². The number of carbonyl (C=O) groups is 1. The Morgan fingerprint density at radius 2 is 1.77 bits per heavy atom. The van der Waals surface area contributed by atoms with Crippen LogP contribution in [0.4, 0.5) is 0 Å². The molecular formula is C24H18ClN3O3. The van der Waals surface area contributed by atoms with Gasteiger partial charge in [-0.3, -0.25) is 9.59 Å². The van der Waals surface area contributed by atoms with Crippen molar-refractivity contribution >= 4 is 45.1 Å². The quantitative estimate of drug-likeness (QED) is 0.377. The van der Waals surface area contributed by atoms with E-state index in [1.54, 1.807) is 54.0 Å². The Balaban J connectivity index is 1.61. The number of hydrogen-bond acceptors (Lipinski definition) is 4. The Bertz CT molecular complexity index is 1520. The number of hydrogen-bond donors (Lipinski definition) is 0. The summed E-state index contributed by atoms with van der Waals surface area (Å²) < 4.78 is 8.67. The number of aromatic nitrogens is 3. The fourth-order valence-electron chi connectivity index (χ4n) is 3.89. The molecule has 5 rings (SSSR count). The Hall–Kier alpha value is -3.64. The van der Waals surface area contributed by atoms with Gasteiger partial charge in [0.2, 0.25) is 5.78 Å². The summed E-state index contributed by atoms with van der Waals surface area (Å²) in [4.78, 5) is 30.8. The first-order valence-corrected chi connectivity index (χ1v) is 10.2. The highest BCUT2D eigenvalue weighted by molar-refractivity contribution is 6.31. The van der Waals surface area contributed by atoms with Gasteiger partial charge in [-0.05, 0) is 54.6 Å². The zero-order valence-corrected chi connectivity index (χ0v) is 17.5. The molecule has 0 bridgehead atoms. The second kappa shape index (κ2) is 7.56. The summed E-state index contributed by atoms with van der Waals surface area (Å²) in [5.41, 5.74) is 2.59. The highest BCUT2D eigenvalue weighted by Gasteiger charge is 2.17. The number of halogens is 1. The lowest BCUT2D eigenvalue weighted by atomic mass is 10.1. The van der Waals surface area contributed by atoms with E-state index in [0.717, 1.165) is 11.0 Å². The van der Waals surface area contributed by atoms with Crippen molar-refractivity contribution in [2.24, 2.45) is 0 Å². The Morgan fingerprint density at radius 1 is 1.03 bits per heavy atom. The zero-order valence-electron chi connectivity index (χ0n) is 16.7. The van der Waals surface area contributed by atoms with Crippen LogP contribution in [0, 0.1) is 0 Å². The third-order valence-corrected chi connectivity index (χ3v) is 5.68. The number of aryl methyl sites for hydroxylation is 1. The van der Waals surface area contributed by atoms with Crippen LogP contribution >= 0.6 is 11.6 Å². The molecule has 7 heteroatoms. The monoisotopic (exact) mass is 431 g/mol. The maximum Gasteiger partial charge on any atom is 0.267 e.